The Bertz CT molecular complexity index is 437. The van der Waals surface area contributed by atoms with Gasteiger partial charge in [-0.1, -0.05) is 0 Å². The zero-order valence-corrected chi connectivity index (χ0v) is 9.04. The Hall–Kier alpha value is -1.31. The summed E-state index contributed by atoms with van der Waals surface area (Å²) in [5.74, 6) is 0.538. The molecule has 8 heteroatoms. The van der Waals surface area contributed by atoms with Crippen LogP contribution in [0.1, 0.15) is 12.8 Å². The number of hydrogen-bond acceptors (Lipinski definition) is 5. The summed E-state index contributed by atoms with van der Waals surface area (Å²) in [4.78, 5) is 3.76. The van der Waals surface area contributed by atoms with Gasteiger partial charge in [0, 0.05) is 0 Å². The summed E-state index contributed by atoms with van der Waals surface area (Å²) >= 11 is 0. The van der Waals surface area contributed by atoms with E-state index in [1.165, 1.54) is 7.11 Å². The van der Waals surface area contributed by atoms with Crippen molar-refractivity contribution >= 4 is 16.0 Å². The molecule has 1 fully saturated rings. The quantitative estimate of drug-likeness (QED) is 0.742. The van der Waals surface area contributed by atoms with E-state index in [2.05, 4.69) is 19.9 Å². The third kappa shape index (κ3) is 2.82. The lowest BCUT2D eigenvalue weighted by Gasteiger charge is -2.02. The van der Waals surface area contributed by atoms with E-state index in [0.29, 0.717) is 5.92 Å². The maximum atomic E-state index is 11.5. The van der Waals surface area contributed by atoms with E-state index < -0.39 is 10.0 Å². The number of rotatable bonds is 5. The van der Waals surface area contributed by atoms with Crippen molar-refractivity contribution in [3.05, 3.63) is 0 Å². The normalized spacial score (nSPS) is 16.3. The summed E-state index contributed by atoms with van der Waals surface area (Å²) in [7, 11) is -1.90. The topological polar surface area (TPSA) is 97.0 Å². The highest BCUT2D eigenvalue weighted by Gasteiger charge is 2.28. The second-order valence-corrected chi connectivity index (χ2v) is 5.26. The number of sulfonamides is 1. The molecule has 1 saturated carbocycles. The van der Waals surface area contributed by atoms with Gasteiger partial charge in [-0.3, -0.25) is 4.72 Å². The second kappa shape index (κ2) is 3.69. The Kier molecular flexibility index (Phi) is 2.51. The van der Waals surface area contributed by atoms with Crippen LogP contribution in [0.5, 0.6) is 6.01 Å². The number of ether oxygens (including phenoxy) is 1. The molecule has 2 rings (SSSR count). The Morgan fingerprint density at radius 1 is 1.60 bits per heavy atom. The monoisotopic (exact) mass is 232 g/mol. The molecule has 2 N–H and O–H groups in total. The van der Waals surface area contributed by atoms with Crippen molar-refractivity contribution in [1.82, 2.24) is 15.2 Å². The lowest BCUT2D eigenvalue weighted by Crippen LogP contribution is -2.18. The van der Waals surface area contributed by atoms with Crippen LogP contribution >= 0.6 is 0 Å². The van der Waals surface area contributed by atoms with Crippen LogP contribution < -0.4 is 9.46 Å². The summed E-state index contributed by atoms with van der Waals surface area (Å²) < 4.78 is 30.0. The minimum Gasteiger partial charge on any atom is -0.466 e. The smallest absolute Gasteiger partial charge is 0.336 e. The number of methoxy groups -OCH3 is 1. The van der Waals surface area contributed by atoms with Gasteiger partial charge in [-0.25, -0.2) is 13.5 Å². The summed E-state index contributed by atoms with van der Waals surface area (Å²) in [6, 6.07) is 0.110. The van der Waals surface area contributed by atoms with E-state index in [0.717, 1.165) is 12.8 Å². The van der Waals surface area contributed by atoms with Crippen LogP contribution in [-0.2, 0) is 10.0 Å². The Balaban J connectivity index is 2.00. The SMILES string of the molecule is COc1n[nH]c(NS(=O)(=O)CC2CC2)n1. The Morgan fingerprint density at radius 2 is 2.33 bits per heavy atom. The summed E-state index contributed by atoms with van der Waals surface area (Å²) in [6.07, 6.45) is 1.97. The highest BCUT2D eigenvalue weighted by atomic mass is 32.2. The van der Waals surface area contributed by atoms with Gasteiger partial charge in [0.15, 0.2) is 0 Å². The van der Waals surface area contributed by atoms with Crippen LogP contribution in [0, 0.1) is 5.92 Å². The first-order valence-corrected chi connectivity index (χ1v) is 6.21. The standard InChI is InChI=1S/C7H12N4O3S/c1-14-7-8-6(9-10-7)11-15(12,13)4-5-2-3-5/h5H,2-4H2,1H3,(H2,8,9,10,11). The number of aromatic nitrogens is 3. The molecule has 1 aromatic heterocycles. The fraction of sp³-hybridized carbons (Fsp3) is 0.714. The fourth-order valence-corrected chi connectivity index (χ4v) is 2.59. The molecule has 0 amide bonds. The number of H-pyrrole nitrogens is 1. The van der Waals surface area contributed by atoms with Crippen molar-refractivity contribution in [2.45, 2.75) is 12.8 Å². The molecule has 15 heavy (non-hydrogen) atoms. The van der Waals surface area contributed by atoms with E-state index >= 15 is 0 Å². The van der Waals surface area contributed by atoms with Crippen LogP contribution in [0.2, 0.25) is 0 Å². The molecule has 0 saturated heterocycles. The first-order valence-electron chi connectivity index (χ1n) is 4.56. The van der Waals surface area contributed by atoms with E-state index in [4.69, 9.17) is 4.74 Å². The van der Waals surface area contributed by atoms with Crippen molar-refractivity contribution in [1.29, 1.82) is 0 Å². The number of hydrogen-bond donors (Lipinski definition) is 2. The number of nitrogens with one attached hydrogen (secondary N) is 2. The largest absolute Gasteiger partial charge is 0.466 e. The van der Waals surface area contributed by atoms with Crippen LogP contribution in [0.15, 0.2) is 0 Å². The van der Waals surface area contributed by atoms with Crippen molar-refractivity contribution in [2.75, 3.05) is 17.6 Å². The number of aromatic amines is 1. The van der Waals surface area contributed by atoms with Crippen LogP contribution in [0.3, 0.4) is 0 Å². The van der Waals surface area contributed by atoms with Crippen LogP contribution in [0.4, 0.5) is 5.95 Å². The van der Waals surface area contributed by atoms with Gasteiger partial charge in [-0.15, -0.1) is 5.10 Å². The van der Waals surface area contributed by atoms with E-state index in [1.54, 1.807) is 0 Å². The fourth-order valence-electron chi connectivity index (χ4n) is 1.17. The highest BCUT2D eigenvalue weighted by Crippen LogP contribution is 2.30. The molecule has 0 unspecified atom stereocenters. The highest BCUT2D eigenvalue weighted by molar-refractivity contribution is 7.92. The van der Waals surface area contributed by atoms with Gasteiger partial charge < -0.3 is 4.74 Å². The molecule has 0 aromatic carbocycles. The molecule has 1 aliphatic carbocycles. The van der Waals surface area contributed by atoms with Gasteiger partial charge in [0.05, 0.1) is 12.9 Å². The lowest BCUT2D eigenvalue weighted by molar-refractivity contribution is 0.382. The van der Waals surface area contributed by atoms with Crippen LogP contribution in [-0.4, -0.2) is 36.5 Å². The predicted molar refractivity (Wildman–Crippen MR) is 53.1 cm³/mol. The van der Waals surface area contributed by atoms with Crippen molar-refractivity contribution in [3.63, 3.8) is 0 Å². The van der Waals surface area contributed by atoms with E-state index in [1.807, 2.05) is 0 Å². The Labute approximate surface area is 87.3 Å². The van der Waals surface area contributed by atoms with Gasteiger partial charge >= 0.3 is 6.01 Å². The second-order valence-electron chi connectivity index (χ2n) is 3.50. The number of nitrogens with zero attached hydrogens (tertiary/aromatic N) is 2. The van der Waals surface area contributed by atoms with Gasteiger partial charge in [0.25, 0.3) is 0 Å². The molecule has 0 bridgehead atoms. The maximum Gasteiger partial charge on any atom is 0.336 e. The molecule has 0 radical (unpaired) electrons. The van der Waals surface area contributed by atoms with Crippen molar-refractivity contribution in [3.8, 4) is 6.01 Å². The molecule has 1 aromatic rings. The van der Waals surface area contributed by atoms with Gasteiger partial charge in [0.2, 0.25) is 16.0 Å². The molecule has 0 aliphatic heterocycles. The molecular formula is C7H12N4O3S. The summed E-state index contributed by atoms with van der Waals surface area (Å²) in [6.45, 7) is 0. The minimum absolute atomic E-state index is 0.0903. The van der Waals surface area contributed by atoms with Crippen LogP contribution in [0.25, 0.3) is 0 Å². The first-order chi connectivity index (χ1) is 7.09. The molecule has 1 heterocycles. The zero-order chi connectivity index (χ0) is 10.9. The molecular weight excluding hydrogens is 220 g/mol. The Morgan fingerprint density at radius 3 is 2.87 bits per heavy atom. The third-order valence-electron chi connectivity index (χ3n) is 2.05. The third-order valence-corrected chi connectivity index (χ3v) is 3.47. The molecule has 1 aliphatic rings. The molecule has 0 atom stereocenters. The predicted octanol–water partition coefficient (Wildman–Crippen LogP) is -0.0350. The molecule has 84 valence electrons. The minimum atomic E-state index is -3.31. The lowest BCUT2D eigenvalue weighted by atomic mass is 10.5. The van der Waals surface area contributed by atoms with Gasteiger partial charge in [-0.05, 0) is 18.8 Å². The summed E-state index contributed by atoms with van der Waals surface area (Å²) in [5, 5.41) is 6.06. The molecule has 0 spiro atoms. The zero-order valence-electron chi connectivity index (χ0n) is 8.23. The van der Waals surface area contributed by atoms with Gasteiger partial charge in [-0.2, -0.15) is 4.98 Å². The first kappa shape index (κ1) is 10.2. The van der Waals surface area contributed by atoms with Gasteiger partial charge in [0.1, 0.15) is 0 Å². The maximum absolute atomic E-state index is 11.5. The average Bonchev–Trinajstić information content (AvgIpc) is 2.82. The number of anilines is 1. The summed E-state index contributed by atoms with van der Waals surface area (Å²) in [5.41, 5.74) is 0. The molecule has 7 nitrogen and oxygen atoms in total. The average molecular weight is 232 g/mol. The van der Waals surface area contributed by atoms with Crippen molar-refractivity contribution in [2.24, 2.45) is 5.92 Å². The van der Waals surface area contributed by atoms with E-state index in [-0.39, 0.29) is 17.7 Å². The van der Waals surface area contributed by atoms with Crippen molar-refractivity contribution < 1.29 is 13.2 Å². The van der Waals surface area contributed by atoms with E-state index in [9.17, 15) is 8.42 Å².